The van der Waals surface area contributed by atoms with Gasteiger partial charge >= 0.3 is 5.97 Å². The fraction of sp³-hybridized carbons (Fsp3) is 0.636. The van der Waals surface area contributed by atoms with Crippen molar-refractivity contribution >= 4 is 11.9 Å². The van der Waals surface area contributed by atoms with E-state index >= 15 is 0 Å². The summed E-state index contributed by atoms with van der Waals surface area (Å²) in [4.78, 5) is 24.1. The van der Waals surface area contributed by atoms with E-state index < -0.39 is 11.9 Å². The molecule has 0 radical (unpaired) electrons. The lowest BCUT2D eigenvalue weighted by Crippen LogP contribution is -2.45. The zero-order valence-corrected chi connectivity index (χ0v) is 9.32. The molecule has 1 amide bonds. The second kappa shape index (κ2) is 6.27. The Balaban J connectivity index is 2.37. The van der Waals surface area contributed by atoms with E-state index in [0.29, 0.717) is 26.1 Å². The number of piperidine rings is 1. The predicted octanol–water partition coefficient (Wildman–Crippen LogP) is 0.0852. The van der Waals surface area contributed by atoms with E-state index in [1.165, 1.54) is 0 Å². The van der Waals surface area contributed by atoms with Gasteiger partial charge in [0.15, 0.2) is 0 Å². The average Bonchev–Trinajstić information content (AvgIpc) is 2.29. The third-order valence-electron chi connectivity index (χ3n) is 2.69. The number of nitrogens with one attached hydrogen (secondary N) is 1. The van der Waals surface area contributed by atoms with E-state index in [2.05, 4.69) is 11.9 Å². The smallest absolute Gasteiger partial charge is 0.308 e. The number of carboxylic acid groups (broad SMARTS) is 1. The summed E-state index contributed by atoms with van der Waals surface area (Å²) in [6.45, 7) is 5.38. The van der Waals surface area contributed by atoms with Gasteiger partial charge in [0.05, 0.1) is 12.5 Å². The number of hydrogen-bond acceptors (Lipinski definition) is 3. The summed E-state index contributed by atoms with van der Waals surface area (Å²) in [7, 11) is 0. The predicted molar refractivity (Wildman–Crippen MR) is 60.0 cm³/mol. The van der Waals surface area contributed by atoms with Crippen LogP contribution in [-0.2, 0) is 9.59 Å². The molecule has 16 heavy (non-hydrogen) atoms. The van der Waals surface area contributed by atoms with Crippen LogP contribution in [0.1, 0.15) is 12.8 Å². The van der Waals surface area contributed by atoms with Gasteiger partial charge in [-0.2, -0.15) is 0 Å². The van der Waals surface area contributed by atoms with Gasteiger partial charge in [-0.3, -0.25) is 9.59 Å². The Kier molecular flexibility index (Phi) is 4.98. The molecule has 0 aromatic carbocycles. The van der Waals surface area contributed by atoms with Crippen LogP contribution in [0, 0.1) is 5.92 Å². The molecular formula is C11H18N2O3. The third-order valence-corrected chi connectivity index (χ3v) is 2.69. The van der Waals surface area contributed by atoms with Gasteiger partial charge in [-0.15, -0.1) is 6.58 Å². The van der Waals surface area contributed by atoms with Crippen LogP contribution >= 0.6 is 0 Å². The molecule has 0 aromatic heterocycles. The molecule has 0 unspecified atom stereocenters. The van der Waals surface area contributed by atoms with Crippen LogP contribution in [0.5, 0.6) is 0 Å². The first-order valence-electron chi connectivity index (χ1n) is 5.47. The quantitative estimate of drug-likeness (QED) is 0.515. The Bertz CT molecular complexity index is 278. The van der Waals surface area contributed by atoms with E-state index in [0.717, 1.165) is 6.42 Å². The number of carbonyl (C=O) groups excluding carboxylic acids is 1. The van der Waals surface area contributed by atoms with Gasteiger partial charge in [0.2, 0.25) is 5.91 Å². The molecule has 1 fully saturated rings. The molecule has 0 saturated carbocycles. The van der Waals surface area contributed by atoms with Crippen LogP contribution in [0.2, 0.25) is 0 Å². The van der Waals surface area contributed by atoms with Crippen molar-refractivity contribution in [1.82, 2.24) is 10.2 Å². The van der Waals surface area contributed by atoms with E-state index in [1.807, 2.05) is 0 Å². The summed E-state index contributed by atoms with van der Waals surface area (Å²) in [5, 5.41) is 11.8. The van der Waals surface area contributed by atoms with E-state index in [9.17, 15) is 9.59 Å². The largest absolute Gasteiger partial charge is 0.481 e. The second-order valence-corrected chi connectivity index (χ2v) is 3.94. The van der Waals surface area contributed by atoms with Crippen molar-refractivity contribution < 1.29 is 14.7 Å². The summed E-state index contributed by atoms with van der Waals surface area (Å²) in [6.07, 6.45) is 3.12. The maximum absolute atomic E-state index is 11.7. The molecule has 1 aliphatic heterocycles. The number of rotatable bonds is 5. The number of hydrogen-bond donors (Lipinski definition) is 2. The van der Waals surface area contributed by atoms with Crippen molar-refractivity contribution in [2.24, 2.45) is 5.92 Å². The highest BCUT2D eigenvalue weighted by Gasteiger charge is 2.27. The molecule has 0 aromatic rings. The Morgan fingerprint density at radius 3 is 2.94 bits per heavy atom. The van der Waals surface area contributed by atoms with E-state index in [-0.39, 0.29) is 12.5 Å². The zero-order valence-electron chi connectivity index (χ0n) is 9.32. The van der Waals surface area contributed by atoms with Crippen molar-refractivity contribution in [3.05, 3.63) is 12.7 Å². The van der Waals surface area contributed by atoms with E-state index in [4.69, 9.17) is 5.11 Å². The normalized spacial score (nSPS) is 20.5. The SMILES string of the molecule is C=CCNCC(=O)N1CCC[C@H](C(=O)O)C1. The molecule has 1 aliphatic rings. The van der Waals surface area contributed by atoms with Crippen LogP contribution in [0.3, 0.4) is 0 Å². The highest BCUT2D eigenvalue weighted by atomic mass is 16.4. The fourth-order valence-corrected chi connectivity index (χ4v) is 1.80. The topological polar surface area (TPSA) is 69.6 Å². The number of carboxylic acids is 1. The molecule has 1 rings (SSSR count). The lowest BCUT2D eigenvalue weighted by molar-refractivity contribution is -0.145. The summed E-state index contributed by atoms with van der Waals surface area (Å²) in [6, 6.07) is 0. The molecule has 0 bridgehead atoms. The van der Waals surface area contributed by atoms with Gasteiger partial charge in [0, 0.05) is 19.6 Å². The van der Waals surface area contributed by atoms with Crippen LogP contribution in [0.25, 0.3) is 0 Å². The number of likely N-dealkylation sites (tertiary alicyclic amines) is 1. The fourth-order valence-electron chi connectivity index (χ4n) is 1.80. The summed E-state index contributed by atoms with van der Waals surface area (Å²) in [5.41, 5.74) is 0. The van der Waals surface area contributed by atoms with Gasteiger partial charge in [-0.05, 0) is 12.8 Å². The maximum Gasteiger partial charge on any atom is 0.308 e. The van der Waals surface area contributed by atoms with Gasteiger partial charge in [0.25, 0.3) is 0 Å². The summed E-state index contributed by atoms with van der Waals surface area (Å²) < 4.78 is 0. The number of aliphatic carboxylic acids is 1. The van der Waals surface area contributed by atoms with Gasteiger partial charge in [0.1, 0.15) is 0 Å². The standard InChI is InChI=1S/C11H18N2O3/c1-2-5-12-7-10(14)13-6-3-4-9(8-13)11(15)16/h2,9,12H,1,3-8H2,(H,15,16)/t9-/m0/s1. The monoisotopic (exact) mass is 226 g/mol. The Labute approximate surface area is 95.1 Å². The van der Waals surface area contributed by atoms with Gasteiger partial charge in [-0.1, -0.05) is 6.08 Å². The first-order chi connectivity index (χ1) is 7.65. The lowest BCUT2D eigenvalue weighted by Gasteiger charge is -2.30. The van der Waals surface area contributed by atoms with Crippen molar-refractivity contribution in [1.29, 1.82) is 0 Å². The molecule has 0 spiro atoms. The minimum atomic E-state index is -0.809. The first kappa shape index (κ1) is 12.7. The minimum absolute atomic E-state index is 0.0344. The first-order valence-corrected chi connectivity index (χ1v) is 5.47. The molecule has 1 heterocycles. The van der Waals surface area contributed by atoms with Crippen molar-refractivity contribution in [3.63, 3.8) is 0 Å². The molecule has 1 saturated heterocycles. The van der Waals surface area contributed by atoms with Gasteiger partial charge in [-0.25, -0.2) is 0 Å². The molecular weight excluding hydrogens is 208 g/mol. The van der Waals surface area contributed by atoms with Crippen molar-refractivity contribution in [2.75, 3.05) is 26.2 Å². The number of nitrogens with zero attached hydrogens (tertiary/aromatic N) is 1. The Hall–Kier alpha value is -1.36. The minimum Gasteiger partial charge on any atom is -0.481 e. The van der Waals surface area contributed by atoms with Crippen LogP contribution in [0.15, 0.2) is 12.7 Å². The molecule has 1 atom stereocenters. The lowest BCUT2D eigenvalue weighted by atomic mass is 9.98. The molecule has 90 valence electrons. The molecule has 5 nitrogen and oxygen atoms in total. The van der Waals surface area contributed by atoms with Crippen LogP contribution in [-0.4, -0.2) is 48.1 Å². The number of amides is 1. The number of carbonyl (C=O) groups is 2. The summed E-state index contributed by atoms with van der Waals surface area (Å²) >= 11 is 0. The Morgan fingerprint density at radius 2 is 2.31 bits per heavy atom. The average molecular weight is 226 g/mol. The zero-order chi connectivity index (χ0) is 12.0. The molecule has 2 N–H and O–H groups in total. The highest BCUT2D eigenvalue weighted by Crippen LogP contribution is 2.16. The molecule has 5 heteroatoms. The van der Waals surface area contributed by atoms with E-state index in [1.54, 1.807) is 11.0 Å². The maximum atomic E-state index is 11.7. The van der Waals surface area contributed by atoms with Crippen molar-refractivity contribution in [3.8, 4) is 0 Å². The summed E-state index contributed by atoms with van der Waals surface area (Å²) in [5.74, 6) is -1.25. The highest BCUT2D eigenvalue weighted by molar-refractivity contribution is 5.79. The van der Waals surface area contributed by atoms with Crippen molar-refractivity contribution in [2.45, 2.75) is 12.8 Å². The van der Waals surface area contributed by atoms with Gasteiger partial charge < -0.3 is 15.3 Å². The third kappa shape index (κ3) is 3.66. The Morgan fingerprint density at radius 1 is 1.56 bits per heavy atom. The van der Waals surface area contributed by atoms with Crippen LogP contribution < -0.4 is 5.32 Å². The second-order valence-electron chi connectivity index (χ2n) is 3.94. The molecule has 0 aliphatic carbocycles. The van der Waals surface area contributed by atoms with Crippen LogP contribution in [0.4, 0.5) is 0 Å².